The van der Waals surface area contributed by atoms with Gasteiger partial charge in [0, 0.05) is 35.6 Å². The van der Waals surface area contributed by atoms with E-state index in [1.54, 1.807) is 49.3 Å². The van der Waals surface area contributed by atoms with Crippen LogP contribution in [-0.4, -0.2) is 94.3 Å². The van der Waals surface area contributed by atoms with Crippen molar-refractivity contribution in [2.75, 3.05) is 32.7 Å². The first kappa shape index (κ1) is 38.5. The number of cyclic esters (lactones) is 1. The van der Waals surface area contributed by atoms with Crippen LogP contribution in [-0.2, 0) is 49.0 Å². The molecule has 2 atom stereocenters. The number of benzene rings is 1. The van der Waals surface area contributed by atoms with Crippen LogP contribution in [0.1, 0.15) is 95.4 Å². The minimum absolute atomic E-state index is 0.0503. The summed E-state index contributed by atoms with van der Waals surface area (Å²) in [4.78, 5) is 75.0. The van der Waals surface area contributed by atoms with Gasteiger partial charge >= 0.3 is 18.2 Å². The Labute approximate surface area is 320 Å². The molecule has 1 N–H and O–H groups in total. The zero-order chi connectivity index (χ0) is 39.1. The number of likely N-dealkylation sites (tertiary alicyclic amines) is 2. The second-order valence-corrected chi connectivity index (χ2v) is 15.9. The van der Waals surface area contributed by atoms with E-state index in [9.17, 15) is 24.0 Å². The summed E-state index contributed by atoms with van der Waals surface area (Å²) in [6, 6.07) is 7.68. The van der Waals surface area contributed by atoms with Gasteiger partial charge in [-0.1, -0.05) is 20.3 Å². The van der Waals surface area contributed by atoms with Crippen LogP contribution < -0.4 is 15.6 Å². The van der Waals surface area contributed by atoms with Crippen LogP contribution >= 0.6 is 0 Å². The Kier molecular flexibility index (Phi) is 10.7. The summed E-state index contributed by atoms with van der Waals surface area (Å²) in [5.74, 6) is -0.301. The van der Waals surface area contributed by atoms with Crippen molar-refractivity contribution in [3.63, 3.8) is 0 Å². The summed E-state index contributed by atoms with van der Waals surface area (Å²) in [6.45, 7) is 12.2. The standard InChI is InChI=1S/C41H51N5O9/c1-6-28-29-19-26(53-39(51)45-17-13-25(14-18-45)44-15-9-8-10-16-44)11-12-33(29)43-35-30(28)22-46-34(35)20-32-31(36(46)48)24-52-37(49)41(32,7-2)54-27(23-47)21-42-38(50)55-40(3,4)5/h11-12,19-20,23,25,27H,6-10,13-18,21-22,24H2,1-5H3,(H,42,50). The van der Waals surface area contributed by atoms with Crippen LogP contribution in [0.25, 0.3) is 22.3 Å². The van der Waals surface area contributed by atoms with Crippen molar-refractivity contribution < 1.29 is 38.1 Å². The van der Waals surface area contributed by atoms with E-state index in [4.69, 9.17) is 23.9 Å². The zero-order valence-corrected chi connectivity index (χ0v) is 32.4. The lowest BCUT2D eigenvalue weighted by molar-refractivity contribution is -0.188. The van der Waals surface area contributed by atoms with Crippen LogP contribution in [0, 0.1) is 0 Å². The molecule has 0 spiro atoms. The third kappa shape index (κ3) is 7.45. The summed E-state index contributed by atoms with van der Waals surface area (Å²) in [5.41, 5.74) is 1.28. The molecule has 2 unspecified atom stereocenters. The van der Waals surface area contributed by atoms with Crippen LogP contribution in [0.4, 0.5) is 9.59 Å². The Balaban J connectivity index is 1.15. The van der Waals surface area contributed by atoms with Crippen LogP contribution in [0.3, 0.4) is 0 Å². The number of fused-ring (bicyclic) bond motifs is 5. The number of carbonyl (C=O) groups excluding carboxylic acids is 4. The number of esters is 1. The van der Waals surface area contributed by atoms with Gasteiger partial charge in [-0.15, -0.1) is 0 Å². The van der Waals surface area contributed by atoms with Crippen LogP contribution in [0.15, 0.2) is 29.1 Å². The molecular weight excluding hydrogens is 706 g/mol. The average Bonchev–Trinajstić information content (AvgIpc) is 3.54. The Bertz CT molecular complexity index is 2060. The maximum Gasteiger partial charge on any atom is 0.415 e. The third-order valence-electron chi connectivity index (χ3n) is 11.3. The van der Waals surface area contributed by atoms with Gasteiger partial charge in [-0.2, -0.15) is 0 Å². The zero-order valence-electron chi connectivity index (χ0n) is 32.4. The van der Waals surface area contributed by atoms with E-state index in [0.717, 1.165) is 42.4 Å². The number of nitrogens with one attached hydrogen (secondary N) is 1. The highest BCUT2D eigenvalue weighted by atomic mass is 16.6. The maximum absolute atomic E-state index is 14.2. The molecule has 1 aromatic carbocycles. The van der Waals surface area contributed by atoms with Crippen molar-refractivity contribution in [1.29, 1.82) is 0 Å². The number of amides is 2. The summed E-state index contributed by atoms with van der Waals surface area (Å²) in [6.07, 6.45) is 4.51. The quantitative estimate of drug-likeness (QED) is 0.177. The van der Waals surface area contributed by atoms with Gasteiger partial charge in [-0.25, -0.2) is 19.4 Å². The van der Waals surface area contributed by atoms with E-state index >= 15 is 0 Å². The SMILES string of the molecule is CCc1c2c(nc3ccc(OC(=O)N4CCC(N5CCCCC5)CC4)cc13)-c1cc3c(c(=O)n1C2)COC(=O)C3(CC)OC(C=O)CNC(=O)OC(C)(C)C. The highest BCUT2D eigenvalue weighted by Gasteiger charge is 2.50. The Morgan fingerprint density at radius 1 is 1.05 bits per heavy atom. The molecular formula is C41H51N5O9. The van der Waals surface area contributed by atoms with E-state index in [0.29, 0.717) is 60.1 Å². The normalized spacial score (nSPS) is 20.6. The molecule has 4 aliphatic heterocycles. The molecule has 14 heteroatoms. The number of pyridine rings is 2. The molecule has 7 rings (SSSR count). The highest BCUT2D eigenvalue weighted by molar-refractivity contribution is 5.90. The largest absolute Gasteiger partial charge is 0.458 e. The predicted octanol–water partition coefficient (Wildman–Crippen LogP) is 5.21. The molecule has 6 heterocycles. The number of piperidine rings is 2. The average molecular weight is 758 g/mol. The molecule has 3 aromatic rings. The first-order valence-corrected chi connectivity index (χ1v) is 19.6. The minimum Gasteiger partial charge on any atom is -0.458 e. The fourth-order valence-electron chi connectivity index (χ4n) is 8.53. The van der Waals surface area contributed by atoms with Gasteiger partial charge in [0.15, 0.2) is 11.9 Å². The number of alkyl carbamates (subject to hydrolysis) is 1. The van der Waals surface area contributed by atoms with Crippen LogP contribution in [0.5, 0.6) is 5.75 Å². The van der Waals surface area contributed by atoms with Gasteiger partial charge < -0.3 is 43.4 Å². The van der Waals surface area contributed by atoms with Crippen molar-refractivity contribution >= 4 is 35.3 Å². The second kappa shape index (κ2) is 15.4. The van der Waals surface area contributed by atoms with Crippen LogP contribution in [0.2, 0.25) is 0 Å². The lowest BCUT2D eigenvalue weighted by Gasteiger charge is -2.39. The van der Waals surface area contributed by atoms with E-state index in [2.05, 4.69) is 10.2 Å². The van der Waals surface area contributed by atoms with E-state index in [-0.39, 0.29) is 43.3 Å². The molecule has 2 fully saturated rings. The molecule has 0 aliphatic carbocycles. The fourth-order valence-corrected chi connectivity index (χ4v) is 8.53. The fraction of sp³-hybridized carbons (Fsp3) is 0.561. The van der Waals surface area contributed by atoms with Crippen molar-refractivity contribution in [1.82, 2.24) is 24.7 Å². The number of aromatic nitrogens is 2. The monoisotopic (exact) mass is 757 g/mol. The second-order valence-electron chi connectivity index (χ2n) is 15.9. The third-order valence-corrected chi connectivity index (χ3v) is 11.3. The van der Waals surface area contributed by atoms with E-state index in [1.165, 1.54) is 19.3 Å². The number of ether oxygens (including phenoxy) is 4. The first-order valence-electron chi connectivity index (χ1n) is 19.6. The van der Waals surface area contributed by atoms with Crippen molar-refractivity contribution in [3.8, 4) is 17.1 Å². The lowest BCUT2D eigenvalue weighted by atomic mass is 9.85. The Morgan fingerprint density at radius 3 is 2.47 bits per heavy atom. The van der Waals surface area contributed by atoms with Gasteiger partial charge in [0.25, 0.3) is 5.56 Å². The molecule has 0 saturated carbocycles. The molecule has 2 saturated heterocycles. The Morgan fingerprint density at radius 2 is 1.80 bits per heavy atom. The number of rotatable bonds is 9. The first-order chi connectivity index (χ1) is 26.3. The van der Waals surface area contributed by atoms with Gasteiger partial charge in [0.1, 0.15) is 24.1 Å². The summed E-state index contributed by atoms with van der Waals surface area (Å²) in [7, 11) is 0. The molecule has 2 aromatic heterocycles. The number of hydrogen-bond donors (Lipinski definition) is 1. The van der Waals surface area contributed by atoms with Crippen molar-refractivity contribution in [3.05, 3.63) is 56.9 Å². The molecule has 4 aliphatic rings. The minimum atomic E-state index is -1.79. The molecule has 14 nitrogen and oxygen atoms in total. The summed E-state index contributed by atoms with van der Waals surface area (Å²) >= 11 is 0. The number of nitrogens with zero attached hydrogens (tertiary/aromatic N) is 4. The lowest BCUT2D eigenvalue weighted by Crippen LogP contribution is -2.50. The summed E-state index contributed by atoms with van der Waals surface area (Å²) in [5, 5.41) is 3.35. The number of hydrogen-bond acceptors (Lipinski definition) is 11. The molecule has 0 bridgehead atoms. The predicted molar refractivity (Wildman–Crippen MR) is 203 cm³/mol. The highest BCUT2D eigenvalue weighted by Crippen LogP contribution is 2.43. The van der Waals surface area contributed by atoms with E-state index < -0.39 is 29.4 Å². The van der Waals surface area contributed by atoms with Crippen molar-refractivity contribution in [2.45, 2.75) is 116 Å². The Hall–Kier alpha value is -4.82. The topological polar surface area (TPSA) is 159 Å². The summed E-state index contributed by atoms with van der Waals surface area (Å²) < 4.78 is 24.6. The van der Waals surface area contributed by atoms with Crippen molar-refractivity contribution in [2.24, 2.45) is 0 Å². The van der Waals surface area contributed by atoms with Gasteiger partial charge in [-0.3, -0.25) is 4.79 Å². The van der Waals surface area contributed by atoms with Gasteiger partial charge in [-0.05, 0) is 102 Å². The smallest absolute Gasteiger partial charge is 0.415 e. The van der Waals surface area contributed by atoms with Gasteiger partial charge in [0.05, 0.1) is 35.6 Å². The number of carbonyl (C=O) groups is 4. The molecule has 55 heavy (non-hydrogen) atoms. The number of aldehydes is 1. The molecule has 0 radical (unpaired) electrons. The number of aryl methyl sites for hydroxylation is 1. The molecule has 2 amide bonds. The van der Waals surface area contributed by atoms with Gasteiger partial charge in [0.2, 0.25) is 0 Å². The molecule has 294 valence electrons. The van der Waals surface area contributed by atoms with E-state index in [1.807, 2.05) is 19.1 Å². The maximum atomic E-state index is 14.2.